The van der Waals surface area contributed by atoms with Crippen molar-refractivity contribution in [2.75, 3.05) is 40.5 Å². The Bertz CT molecular complexity index is 624. The average Bonchev–Trinajstić information content (AvgIpc) is 2.98. The molecule has 0 saturated carbocycles. The summed E-state index contributed by atoms with van der Waals surface area (Å²) >= 11 is 6.01. The summed E-state index contributed by atoms with van der Waals surface area (Å²) in [5, 5.41) is 3.42. The molecule has 23 heavy (non-hydrogen) atoms. The van der Waals surface area contributed by atoms with Crippen LogP contribution in [0.5, 0.6) is 5.75 Å². The van der Waals surface area contributed by atoms with Crippen LogP contribution >= 0.6 is 11.6 Å². The highest BCUT2D eigenvalue weighted by Gasteiger charge is 2.36. The first kappa shape index (κ1) is 18.5. The van der Waals surface area contributed by atoms with Crippen LogP contribution in [0.15, 0.2) is 23.1 Å². The molecule has 1 N–H and O–H groups in total. The van der Waals surface area contributed by atoms with Crippen molar-refractivity contribution in [2.24, 2.45) is 0 Å². The van der Waals surface area contributed by atoms with Crippen molar-refractivity contribution in [3.63, 3.8) is 0 Å². The van der Waals surface area contributed by atoms with Gasteiger partial charge in [-0.1, -0.05) is 11.6 Å². The number of rotatable bonds is 8. The Morgan fingerprint density at radius 3 is 2.87 bits per heavy atom. The van der Waals surface area contributed by atoms with Gasteiger partial charge in [-0.05, 0) is 38.1 Å². The Balaban J connectivity index is 2.32. The van der Waals surface area contributed by atoms with Gasteiger partial charge in [0.2, 0.25) is 10.0 Å². The van der Waals surface area contributed by atoms with Crippen molar-refractivity contribution in [1.29, 1.82) is 0 Å². The molecule has 1 saturated heterocycles. The molecule has 0 radical (unpaired) electrons. The van der Waals surface area contributed by atoms with E-state index in [9.17, 15) is 8.42 Å². The molecule has 2 rings (SSSR count). The summed E-state index contributed by atoms with van der Waals surface area (Å²) in [4.78, 5) is 0.115. The number of halogens is 1. The van der Waals surface area contributed by atoms with Crippen molar-refractivity contribution in [1.82, 2.24) is 9.62 Å². The third-order valence-corrected chi connectivity index (χ3v) is 6.01. The normalized spacial score (nSPS) is 19.2. The number of hydrogen-bond donors (Lipinski definition) is 1. The van der Waals surface area contributed by atoms with Crippen LogP contribution in [-0.4, -0.2) is 59.2 Å². The number of hydrogen-bond acceptors (Lipinski definition) is 5. The van der Waals surface area contributed by atoms with Crippen molar-refractivity contribution >= 4 is 21.6 Å². The van der Waals surface area contributed by atoms with Crippen LogP contribution in [0.2, 0.25) is 5.02 Å². The van der Waals surface area contributed by atoms with Gasteiger partial charge in [0.25, 0.3) is 0 Å². The molecular formula is C15H23ClN2O4S. The quantitative estimate of drug-likeness (QED) is 0.713. The highest BCUT2D eigenvalue weighted by molar-refractivity contribution is 7.89. The molecule has 1 aliphatic rings. The van der Waals surface area contributed by atoms with Crippen LogP contribution in [-0.2, 0) is 14.8 Å². The minimum atomic E-state index is -3.66. The second-order valence-electron chi connectivity index (χ2n) is 5.40. The van der Waals surface area contributed by atoms with E-state index >= 15 is 0 Å². The van der Waals surface area contributed by atoms with Crippen LogP contribution < -0.4 is 10.1 Å². The molecule has 0 unspecified atom stereocenters. The summed E-state index contributed by atoms with van der Waals surface area (Å²) in [6, 6.07) is 4.62. The standard InChI is InChI=1S/C15H23ClN2O4S/c1-17-11-13-4-3-7-18(13)23(19,20)15-10-12(16)5-6-14(15)22-9-8-21-2/h5-6,10,13,17H,3-4,7-9,11H2,1-2H3/t13-/m1/s1. The van der Waals surface area contributed by atoms with Crippen molar-refractivity contribution in [3.8, 4) is 5.75 Å². The van der Waals surface area contributed by atoms with E-state index in [-0.39, 0.29) is 17.5 Å². The fourth-order valence-electron chi connectivity index (χ4n) is 2.73. The van der Waals surface area contributed by atoms with Crippen LogP contribution in [0.4, 0.5) is 0 Å². The monoisotopic (exact) mass is 362 g/mol. The first-order valence-electron chi connectivity index (χ1n) is 7.58. The Morgan fingerprint density at radius 1 is 1.39 bits per heavy atom. The Kier molecular flexibility index (Phi) is 6.67. The van der Waals surface area contributed by atoms with Crippen molar-refractivity contribution in [3.05, 3.63) is 23.2 Å². The topological polar surface area (TPSA) is 67.9 Å². The molecule has 1 aromatic carbocycles. The molecule has 0 aromatic heterocycles. The Labute approximate surface area is 142 Å². The number of nitrogens with one attached hydrogen (secondary N) is 1. The molecule has 8 heteroatoms. The summed E-state index contributed by atoms with van der Waals surface area (Å²) in [5.74, 6) is 0.307. The van der Waals surface area contributed by atoms with Gasteiger partial charge in [0, 0.05) is 31.3 Å². The zero-order valence-corrected chi connectivity index (χ0v) is 15.0. The zero-order chi connectivity index (χ0) is 16.9. The maximum absolute atomic E-state index is 13.1. The molecule has 1 heterocycles. The van der Waals surface area contributed by atoms with Gasteiger partial charge in [0.1, 0.15) is 17.3 Å². The van der Waals surface area contributed by atoms with E-state index < -0.39 is 10.0 Å². The van der Waals surface area contributed by atoms with Gasteiger partial charge >= 0.3 is 0 Å². The largest absolute Gasteiger partial charge is 0.490 e. The van der Waals surface area contributed by atoms with Gasteiger partial charge in [-0.15, -0.1) is 0 Å². The predicted octanol–water partition coefficient (Wildman–Crippen LogP) is 1.74. The van der Waals surface area contributed by atoms with Crippen molar-refractivity contribution in [2.45, 2.75) is 23.8 Å². The van der Waals surface area contributed by atoms with E-state index in [2.05, 4.69) is 5.32 Å². The van der Waals surface area contributed by atoms with Crippen LogP contribution in [0.1, 0.15) is 12.8 Å². The summed E-state index contributed by atoms with van der Waals surface area (Å²) in [5.41, 5.74) is 0. The minimum Gasteiger partial charge on any atom is -0.490 e. The van der Waals surface area contributed by atoms with Crippen LogP contribution in [0, 0.1) is 0 Å². The number of nitrogens with zero attached hydrogens (tertiary/aromatic N) is 1. The fourth-order valence-corrected chi connectivity index (χ4v) is 4.82. The average molecular weight is 363 g/mol. The third-order valence-electron chi connectivity index (χ3n) is 3.80. The maximum atomic E-state index is 13.1. The Morgan fingerprint density at radius 2 is 2.17 bits per heavy atom. The second kappa shape index (κ2) is 8.30. The summed E-state index contributed by atoms with van der Waals surface area (Å²) in [7, 11) is -0.271. The molecule has 1 fully saturated rings. The lowest BCUT2D eigenvalue weighted by Crippen LogP contribution is -2.40. The number of ether oxygens (including phenoxy) is 2. The van der Waals surface area contributed by atoms with Gasteiger partial charge in [-0.3, -0.25) is 0 Å². The smallest absolute Gasteiger partial charge is 0.247 e. The molecule has 0 bridgehead atoms. The van der Waals surface area contributed by atoms with Gasteiger partial charge in [-0.25, -0.2) is 8.42 Å². The van der Waals surface area contributed by atoms with Gasteiger partial charge in [0.15, 0.2) is 0 Å². The molecule has 0 aliphatic carbocycles. The third kappa shape index (κ3) is 4.36. The lowest BCUT2D eigenvalue weighted by Gasteiger charge is -2.25. The van der Waals surface area contributed by atoms with E-state index in [0.29, 0.717) is 30.5 Å². The van der Waals surface area contributed by atoms with Crippen LogP contribution in [0.3, 0.4) is 0 Å². The maximum Gasteiger partial charge on any atom is 0.247 e. The van der Waals surface area contributed by atoms with Crippen molar-refractivity contribution < 1.29 is 17.9 Å². The highest BCUT2D eigenvalue weighted by Crippen LogP contribution is 2.33. The SMILES string of the molecule is CNC[C@H]1CCCN1S(=O)(=O)c1cc(Cl)ccc1OCCOC. The second-order valence-corrected chi connectivity index (χ2v) is 7.70. The van der Waals surface area contributed by atoms with E-state index in [1.807, 2.05) is 7.05 Å². The molecule has 6 nitrogen and oxygen atoms in total. The molecule has 1 aromatic rings. The number of benzene rings is 1. The van der Waals surface area contributed by atoms with Gasteiger partial charge < -0.3 is 14.8 Å². The van der Waals surface area contributed by atoms with Gasteiger partial charge in [-0.2, -0.15) is 4.31 Å². The summed E-state index contributed by atoms with van der Waals surface area (Å²) in [6.07, 6.45) is 1.70. The molecular weight excluding hydrogens is 340 g/mol. The lowest BCUT2D eigenvalue weighted by atomic mass is 10.2. The molecule has 1 aliphatic heterocycles. The minimum absolute atomic E-state index is 0.0455. The van der Waals surface area contributed by atoms with E-state index in [1.54, 1.807) is 23.5 Å². The number of methoxy groups -OCH3 is 1. The first-order chi connectivity index (χ1) is 11.0. The predicted molar refractivity (Wildman–Crippen MR) is 89.7 cm³/mol. The summed E-state index contributed by atoms with van der Waals surface area (Å²) < 4.78 is 38.2. The summed E-state index contributed by atoms with van der Waals surface area (Å²) in [6.45, 7) is 1.80. The molecule has 1 atom stereocenters. The van der Waals surface area contributed by atoms with Gasteiger partial charge in [0.05, 0.1) is 6.61 Å². The lowest BCUT2D eigenvalue weighted by molar-refractivity contribution is 0.144. The molecule has 0 amide bonds. The fraction of sp³-hybridized carbons (Fsp3) is 0.600. The van der Waals surface area contributed by atoms with E-state index in [0.717, 1.165) is 12.8 Å². The molecule has 130 valence electrons. The number of likely N-dealkylation sites (N-methyl/N-ethyl adjacent to an activating group) is 1. The molecule has 0 spiro atoms. The Hall–Kier alpha value is -0.860. The zero-order valence-electron chi connectivity index (χ0n) is 13.4. The van der Waals surface area contributed by atoms with E-state index in [1.165, 1.54) is 6.07 Å². The van der Waals surface area contributed by atoms with Crippen LogP contribution in [0.25, 0.3) is 0 Å². The number of sulfonamides is 1. The van der Waals surface area contributed by atoms with E-state index in [4.69, 9.17) is 21.1 Å². The highest BCUT2D eigenvalue weighted by atomic mass is 35.5. The first-order valence-corrected chi connectivity index (χ1v) is 9.40.